The molecule has 2 bridgehead atoms. The summed E-state index contributed by atoms with van der Waals surface area (Å²) in [7, 11) is 0. The van der Waals surface area contributed by atoms with Crippen molar-refractivity contribution in [2.45, 2.75) is 49.4 Å². The van der Waals surface area contributed by atoms with Gasteiger partial charge in [-0.3, -0.25) is 27.2 Å². The van der Waals surface area contributed by atoms with Gasteiger partial charge in [0.2, 0.25) is 0 Å². The standard InChI is InChI=1S/C22H28N10O10P2S2/c1-9-15-22(3-33,40-20(9)31-7-29-11-16(23)25-5-27-18(11)31)4-38-44(36,46)41-14-13(34)10(2-37-43(35,45)42-15)39-21(14)32-8-30-12-17(24)26-6-28-19(12)32/h5-10,13-15,20-21,33-34H,2-4H2,1H3,(H,35,45)(H,36,46)(H2,23,25,27)(H2,24,26,28)/t9-,10-,13-,14-,15+,20-,21-,22-,43-,44+/m1/s1. The molecule has 3 saturated heterocycles. The fraction of sp³-hybridized carbons (Fsp3) is 0.545. The fourth-order valence-corrected chi connectivity index (χ4v) is 8.91. The molecule has 3 fully saturated rings. The number of hydrogen-bond acceptors (Lipinski definition) is 18. The van der Waals surface area contributed by atoms with E-state index >= 15 is 0 Å². The number of aromatic nitrogens is 8. The van der Waals surface area contributed by atoms with Gasteiger partial charge in [0.1, 0.15) is 59.9 Å². The van der Waals surface area contributed by atoms with Crippen LogP contribution < -0.4 is 11.5 Å². The van der Waals surface area contributed by atoms with Gasteiger partial charge in [0.05, 0.1) is 32.5 Å². The van der Waals surface area contributed by atoms with Crippen LogP contribution in [0.2, 0.25) is 0 Å². The van der Waals surface area contributed by atoms with Crippen LogP contribution in [-0.4, -0.2) is 99.1 Å². The lowest BCUT2D eigenvalue weighted by Crippen LogP contribution is -2.49. The third-order valence-electron chi connectivity index (χ3n) is 8.08. The highest BCUT2D eigenvalue weighted by Crippen LogP contribution is 2.62. The maximum absolute atomic E-state index is 13.8. The molecule has 4 aromatic rings. The Labute approximate surface area is 269 Å². The van der Waals surface area contributed by atoms with Crippen LogP contribution in [0.15, 0.2) is 25.3 Å². The first-order valence-electron chi connectivity index (χ1n) is 13.6. The first-order chi connectivity index (χ1) is 21.8. The highest BCUT2D eigenvalue weighted by atomic mass is 32.7. The van der Waals surface area contributed by atoms with E-state index < -0.39 is 81.8 Å². The number of thiol groups is 2. The van der Waals surface area contributed by atoms with Gasteiger partial charge in [-0.2, -0.15) is 0 Å². The summed E-state index contributed by atoms with van der Waals surface area (Å²) in [5.74, 6) is -0.483. The molecule has 10 atom stereocenters. The number of nitrogens with two attached hydrogens (primary N) is 2. The fourth-order valence-electron chi connectivity index (χ4n) is 5.86. The average molecular weight is 719 g/mol. The van der Waals surface area contributed by atoms with Gasteiger partial charge < -0.3 is 31.2 Å². The number of anilines is 2. The number of nitrogen functional groups attached to an aromatic ring is 2. The summed E-state index contributed by atoms with van der Waals surface area (Å²) in [4.78, 5) is 24.8. The van der Waals surface area contributed by atoms with E-state index in [-0.39, 0.29) is 22.8 Å². The second kappa shape index (κ2) is 11.6. The second-order valence-electron chi connectivity index (χ2n) is 10.9. The molecule has 0 saturated carbocycles. The maximum Gasteiger partial charge on any atom is 0.386 e. The molecule has 7 rings (SSSR count). The summed E-state index contributed by atoms with van der Waals surface area (Å²) < 4.78 is 65.7. The Kier molecular flexibility index (Phi) is 8.10. The minimum atomic E-state index is -4.40. The van der Waals surface area contributed by atoms with Crippen molar-refractivity contribution >= 4 is 72.1 Å². The molecule has 0 unspecified atom stereocenters. The molecule has 0 aromatic carbocycles. The van der Waals surface area contributed by atoms with Crippen molar-refractivity contribution < 1.29 is 46.9 Å². The van der Waals surface area contributed by atoms with E-state index in [0.717, 1.165) is 0 Å². The van der Waals surface area contributed by atoms with Gasteiger partial charge in [-0.25, -0.2) is 39.0 Å². The molecule has 20 nitrogen and oxygen atoms in total. The van der Waals surface area contributed by atoms with E-state index in [2.05, 4.69) is 54.4 Å². The minimum absolute atomic E-state index is 0.0886. The first kappa shape index (κ1) is 32.1. The Bertz CT molecular complexity index is 1900. The zero-order chi connectivity index (χ0) is 32.6. The lowest BCUT2D eigenvalue weighted by Gasteiger charge is -2.34. The summed E-state index contributed by atoms with van der Waals surface area (Å²) >= 11 is 8.33. The van der Waals surface area contributed by atoms with E-state index in [0.29, 0.717) is 11.2 Å². The number of rotatable bonds is 3. The number of aliphatic hydroxyl groups excluding tert-OH is 2. The van der Waals surface area contributed by atoms with Crippen molar-refractivity contribution in [3.05, 3.63) is 25.3 Å². The number of fused-ring (bicyclic) bond motifs is 5. The number of nitrogens with zero attached hydrogens (tertiary/aromatic N) is 8. The van der Waals surface area contributed by atoms with Crippen LogP contribution in [0, 0.1) is 5.92 Å². The molecule has 0 amide bonds. The Morgan fingerprint density at radius 2 is 1.52 bits per heavy atom. The predicted octanol–water partition coefficient (Wildman–Crippen LogP) is 0.878. The van der Waals surface area contributed by atoms with Crippen LogP contribution >= 0.6 is 38.1 Å². The molecular formula is C22H28N10O10P2S2. The Hall–Kier alpha value is -2.46. The Morgan fingerprint density at radius 3 is 2.13 bits per heavy atom. The van der Waals surface area contributed by atoms with Crippen molar-refractivity contribution in [3.8, 4) is 0 Å². The van der Waals surface area contributed by atoms with Crippen molar-refractivity contribution in [2.24, 2.45) is 5.92 Å². The van der Waals surface area contributed by atoms with Crippen LogP contribution in [0.25, 0.3) is 22.3 Å². The van der Waals surface area contributed by atoms with Gasteiger partial charge in [-0.1, -0.05) is 31.4 Å². The quantitative estimate of drug-likeness (QED) is 0.127. The predicted molar refractivity (Wildman–Crippen MR) is 163 cm³/mol. The molecule has 0 aliphatic carbocycles. The number of aliphatic hydroxyl groups is 2. The molecule has 46 heavy (non-hydrogen) atoms. The highest BCUT2D eigenvalue weighted by molar-refractivity contribution is 8.44. The van der Waals surface area contributed by atoms with E-state index in [1.54, 1.807) is 6.92 Å². The topological polar surface area (TPSA) is 269 Å². The van der Waals surface area contributed by atoms with Crippen LogP contribution in [0.5, 0.6) is 0 Å². The number of ether oxygens (including phenoxy) is 2. The molecule has 7 heterocycles. The van der Waals surface area contributed by atoms with Crippen LogP contribution in [0.3, 0.4) is 0 Å². The van der Waals surface area contributed by atoms with E-state index in [9.17, 15) is 19.3 Å². The van der Waals surface area contributed by atoms with Gasteiger partial charge in [0.15, 0.2) is 29.2 Å². The maximum atomic E-state index is 13.8. The first-order valence-corrected chi connectivity index (χ1v) is 19.0. The molecule has 3 aliphatic rings. The van der Waals surface area contributed by atoms with Crippen molar-refractivity contribution in [3.63, 3.8) is 0 Å². The number of imidazole rings is 2. The second-order valence-corrected chi connectivity index (χ2v) is 16.7. The number of hydrogen-bond donors (Lipinski definition) is 6. The van der Waals surface area contributed by atoms with E-state index in [1.807, 2.05) is 0 Å². The Balaban J connectivity index is 1.24. The van der Waals surface area contributed by atoms with Gasteiger partial charge in [0.25, 0.3) is 0 Å². The molecule has 4 aromatic heterocycles. The van der Waals surface area contributed by atoms with Gasteiger partial charge in [-0.15, -0.1) is 0 Å². The van der Waals surface area contributed by atoms with Crippen LogP contribution in [-0.2, 0) is 36.7 Å². The molecule has 248 valence electrons. The van der Waals surface area contributed by atoms with Crippen molar-refractivity contribution in [1.29, 1.82) is 0 Å². The van der Waals surface area contributed by atoms with Crippen LogP contribution in [0.1, 0.15) is 19.4 Å². The highest BCUT2D eigenvalue weighted by Gasteiger charge is 2.59. The zero-order valence-electron chi connectivity index (χ0n) is 23.7. The summed E-state index contributed by atoms with van der Waals surface area (Å²) in [5, 5.41) is 21.9. The van der Waals surface area contributed by atoms with Crippen molar-refractivity contribution in [1.82, 2.24) is 39.0 Å². The monoisotopic (exact) mass is 718 g/mol. The zero-order valence-corrected chi connectivity index (χ0v) is 27.2. The van der Waals surface area contributed by atoms with Crippen LogP contribution in [0.4, 0.5) is 11.6 Å². The molecule has 6 N–H and O–H groups in total. The van der Waals surface area contributed by atoms with E-state index in [1.165, 1.54) is 34.4 Å². The lowest BCUT2D eigenvalue weighted by atomic mass is 9.92. The summed E-state index contributed by atoms with van der Waals surface area (Å²) in [6, 6.07) is 0. The van der Waals surface area contributed by atoms with E-state index in [4.69, 9.17) is 39.0 Å². The third-order valence-corrected chi connectivity index (χ3v) is 11.3. The van der Waals surface area contributed by atoms with Gasteiger partial charge >= 0.3 is 13.6 Å². The molecule has 0 spiro atoms. The lowest BCUT2D eigenvalue weighted by molar-refractivity contribution is -0.143. The van der Waals surface area contributed by atoms with Gasteiger partial charge in [-0.05, 0) is 0 Å². The summed E-state index contributed by atoms with van der Waals surface area (Å²) in [6.07, 6.45) is -2.35. The molecule has 24 heteroatoms. The molecule has 0 radical (unpaired) electrons. The average Bonchev–Trinajstić information content (AvgIpc) is 3.77. The minimum Gasteiger partial charge on any atom is -0.393 e. The molecule has 3 aliphatic heterocycles. The Morgan fingerprint density at radius 1 is 0.935 bits per heavy atom. The third kappa shape index (κ3) is 5.39. The summed E-state index contributed by atoms with van der Waals surface area (Å²) in [6.45, 7) is -8.93. The van der Waals surface area contributed by atoms with Gasteiger partial charge in [0, 0.05) is 5.92 Å². The smallest absolute Gasteiger partial charge is 0.386 e. The normalized spacial score (nSPS) is 38.8. The molecular weight excluding hydrogens is 690 g/mol. The van der Waals surface area contributed by atoms with Crippen molar-refractivity contribution in [2.75, 3.05) is 31.3 Å². The summed E-state index contributed by atoms with van der Waals surface area (Å²) in [5.41, 5.74) is 11.1. The SMILES string of the molecule is C[C@H]1[C@H](n2cnc3c(N)ncnc32)O[C@]2(CO)CO[P@](=O)(S)O[C@@H]3[C@H](O)[C@@H](CO[P@@](=O)(S)O[C@@H]12)O[C@H]3n1cnc2c(N)ncnc21. The largest absolute Gasteiger partial charge is 0.393 e.